The fraction of sp³-hybridized carbons (Fsp3) is 0.571. The van der Waals surface area contributed by atoms with Gasteiger partial charge in [0.25, 0.3) is 0 Å². The molecule has 1 fully saturated rings. The first-order valence-corrected chi connectivity index (χ1v) is 7.25. The molecule has 1 saturated carbocycles. The minimum atomic E-state index is 0.751. The maximum absolute atomic E-state index is 5.93. The van der Waals surface area contributed by atoms with Crippen LogP contribution in [0.4, 0.5) is 11.4 Å². The van der Waals surface area contributed by atoms with Gasteiger partial charge in [-0.2, -0.15) is 0 Å². The van der Waals surface area contributed by atoms with Gasteiger partial charge in [0.2, 0.25) is 0 Å². The van der Waals surface area contributed by atoms with E-state index in [0.717, 1.165) is 22.7 Å². The molecule has 0 radical (unpaired) electrons. The molecule has 0 spiro atoms. The van der Waals surface area contributed by atoms with Gasteiger partial charge in [0.05, 0.1) is 5.69 Å². The van der Waals surface area contributed by atoms with Crippen molar-refractivity contribution in [1.29, 1.82) is 0 Å². The number of halogens is 1. The largest absolute Gasteiger partial charge is 0.398 e. The van der Waals surface area contributed by atoms with Crippen LogP contribution in [0, 0.1) is 6.92 Å². The zero-order valence-electron chi connectivity index (χ0n) is 10.7. The third kappa shape index (κ3) is 2.95. The fourth-order valence-corrected chi connectivity index (χ4v) is 2.70. The molecule has 0 bridgehead atoms. The van der Waals surface area contributed by atoms with Gasteiger partial charge in [0.15, 0.2) is 0 Å². The summed E-state index contributed by atoms with van der Waals surface area (Å²) in [5, 5.41) is 0. The van der Waals surface area contributed by atoms with E-state index in [2.05, 4.69) is 40.7 Å². The van der Waals surface area contributed by atoms with Crippen molar-refractivity contribution in [2.45, 2.75) is 45.6 Å². The van der Waals surface area contributed by atoms with Crippen LogP contribution in [0.2, 0.25) is 0 Å². The molecule has 0 atom stereocenters. The minimum absolute atomic E-state index is 0.751. The molecule has 0 unspecified atom stereocenters. The van der Waals surface area contributed by atoms with Crippen molar-refractivity contribution < 1.29 is 0 Å². The van der Waals surface area contributed by atoms with Gasteiger partial charge in [-0.15, -0.1) is 0 Å². The van der Waals surface area contributed by atoms with E-state index in [1.54, 1.807) is 0 Å². The normalized spacial score (nSPS) is 15.0. The molecular weight excluding hydrogens is 276 g/mol. The zero-order chi connectivity index (χ0) is 12.4. The Morgan fingerprint density at radius 2 is 2.12 bits per heavy atom. The summed E-state index contributed by atoms with van der Waals surface area (Å²) in [7, 11) is 0. The van der Waals surface area contributed by atoms with Crippen LogP contribution in [0.1, 0.15) is 38.2 Å². The lowest BCUT2D eigenvalue weighted by atomic mass is 10.1. The number of rotatable bonds is 5. The predicted octanol–water partition coefficient (Wildman–Crippen LogP) is 4.11. The van der Waals surface area contributed by atoms with E-state index in [0.29, 0.717) is 0 Å². The lowest BCUT2D eigenvalue weighted by Crippen LogP contribution is -2.27. The van der Waals surface area contributed by atoms with Crippen molar-refractivity contribution in [3.8, 4) is 0 Å². The Hall–Kier alpha value is -0.700. The molecule has 17 heavy (non-hydrogen) atoms. The van der Waals surface area contributed by atoms with E-state index in [1.807, 2.05) is 6.07 Å². The van der Waals surface area contributed by atoms with Gasteiger partial charge in [-0.25, -0.2) is 0 Å². The van der Waals surface area contributed by atoms with Gasteiger partial charge in [0, 0.05) is 22.7 Å². The number of anilines is 2. The second-order valence-corrected chi connectivity index (χ2v) is 5.79. The predicted molar refractivity (Wildman–Crippen MR) is 78.6 cm³/mol. The van der Waals surface area contributed by atoms with Crippen molar-refractivity contribution in [3.63, 3.8) is 0 Å². The Morgan fingerprint density at radius 3 is 2.71 bits per heavy atom. The first kappa shape index (κ1) is 12.7. The Morgan fingerprint density at radius 1 is 1.41 bits per heavy atom. The van der Waals surface area contributed by atoms with Crippen molar-refractivity contribution >= 4 is 27.3 Å². The monoisotopic (exact) mass is 296 g/mol. The first-order valence-electron chi connectivity index (χ1n) is 6.45. The van der Waals surface area contributed by atoms with Crippen molar-refractivity contribution in [2.24, 2.45) is 0 Å². The minimum Gasteiger partial charge on any atom is -0.398 e. The second-order valence-electron chi connectivity index (χ2n) is 4.94. The van der Waals surface area contributed by atoms with Gasteiger partial charge in [-0.3, -0.25) is 0 Å². The van der Waals surface area contributed by atoms with E-state index in [1.165, 1.54) is 36.9 Å². The number of benzene rings is 1. The molecule has 1 aliphatic rings. The van der Waals surface area contributed by atoms with Crippen LogP contribution in [0.15, 0.2) is 16.6 Å². The molecular formula is C14H21BrN2. The average Bonchev–Trinajstić information content (AvgIpc) is 3.10. The molecule has 0 aliphatic heterocycles. The molecule has 3 heteroatoms. The number of unbranched alkanes of at least 4 members (excludes halogenated alkanes) is 1. The molecule has 94 valence electrons. The first-order chi connectivity index (χ1) is 8.13. The molecule has 1 aliphatic carbocycles. The van der Waals surface area contributed by atoms with Crippen LogP contribution < -0.4 is 10.6 Å². The van der Waals surface area contributed by atoms with Crippen LogP contribution in [0.5, 0.6) is 0 Å². The number of aryl methyl sites for hydroxylation is 1. The molecule has 1 aromatic carbocycles. The number of hydrogen-bond acceptors (Lipinski definition) is 2. The molecule has 1 aromatic rings. The Labute approximate surface area is 112 Å². The number of nitrogen functional groups attached to an aromatic ring is 1. The molecule has 0 aromatic heterocycles. The summed E-state index contributed by atoms with van der Waals surface area (Å²) in [6.07, 6.45) is 5.17. The van der Waals surface area contributed by atoms with Crippen molar-refractivity contribution in [2.75, 3.05) is 17.2 Å². The molecule has 2 N–H and O–H groups in total. The van der Waals surface area contributed by atoms with Crippen molar-refractivity contribution in [1.82, 2.24) is 0 Å². The van der Waals surface area contributed by atoms with Crippen molar-refractivity contribution in [3.05, 3.63) is 22.2 Å². The van der Waals surface area contributed by atoms with Crippen LogP contribution in [0.25, 0.3) is 0 Å². The lowest BCUT2D eigenvalue weighted by molar-refractivity contribution is 0.712. The second kappa shape index (κ2) is 5.30. The quantitative estimate of drug-likeness (QED) is 0.829. The van der Waals surface area contributed by atoms with E-state index in [9.17, 15) is 0 Å². The highest BCUT2D eigenvalue weighted by Crippen LogP contribution is 2.38. The van der Waals surface area contributed by atoms with Crippen LogP contribution >= 0.6 is 15.9 Å². The smallest absolute Gasteiger partial charge is 0.0517 e. The topological polar surface area (TPSA) is 29.3 Å². The highest BCUT2D eigenvalue weighted by molar-refractivity contribution is 9.10. The summed E-state index contributed by atoms with van der Waals surface area (Å²) in [5.41, 5.74) is 9.28. The number of nitrogens with two attached hydrogens (primary N) is 1. The van der Waals surface area contributed by atoms with Gasteiger partial charge in [0.1, 0.15) is 0 Å². The Balaban J connectivity index is 2.25. The van der Waals surface area contributed by atoms with Gasteiger partial charge in [-0.05, 0) is 59.8 Å². The van der Waals surface area contributed by atoms with Gasteiger partial charge >= 0.3 is 0 Å². The summed E-state index contributed by atoms with van der Waals surface area (Å²) in [5.74, 6) is 0. The molecule has 2 nitrogen and oxygen atoms in total. The Bertz CT molecular complexity index is 399. The highest BCUT2D eigenvalue weighted by atomic mass is 79.9. The molecule has 0 amide bonds. The number of nitrogens with zero attached hydrogens (tertiary/aromatic N) is 1. The summed E-state index contributed by atoms with van der Waals surface area (Å²) in [6, 6.07) is 5.00. The maximum atomic E-state index is 5.93. The third-order valence-electron chi connectivity index (χ3n) is 3.39. The summed E-state index contributed by atoms with van der Waals surface area (Å²) in [4.78, 5) is 2.54. The lowest BCUT2D eigenvalue weighted by Gasteiger charge is -2.26. The number of hydrogen-bond donors (Lipinski definition) is 1. The molecule has 0 saturated heterocycles. The standard InChI is InChI=1S/C14H21BrN2/c1-3-4-7-17(11-5-6-11)14-8-10(2)13(16)9-12(14)15/h8-9,11H,3-7,16H2,1-2H3. The van der Waals surface area contributed by atoms with Crippen LogP contribution in [0.3, 0.4) is 0 Å². The SMILES string of the molecule is CCCCN(c1cc(C)c(N)cc1Br)C1CC1. The molecule has 0 heterocycles. The van der Waals surface area contributed by atoms with E-state index in [4.69, 9.17) is 5.73 Å². The summed E-state index contributed by atoms with van der Waals surface area (Å²) >= 11 is 3.65. The van der Waals surface area contributed by atoms with Gasteiger partial charge in [-0.1, -0.05) is 13.3 Å². The third-order valence-corrected chi connectivity index (χ3v) is 4.02. The van der Waals surface area contributed by atoms with Gasteiger partial charge < -0.3 is 10.6 Å². The highest BCUT2D eigenvalue weighted by Gasteiger charge is 2.29. The average molecular weight is 297 g/mol. The van der Waals surface area contributed by atoms with E-state index >= 15 is 0 Å². The fourth-order valence-electron chi connectivity index (χ4n) is 2.12. The Kier molecular flexibility index (Phi) is 3.97. The zero-order valence-corrected chi connectivity index (χ0v) is 12.3. The summed E-state index contributed by atoms with van der Waals surface area (Å²) < 4.78 is 1.13. The molecule has 2 rings (SSSR count). The summed E-state index contributed by atoms with van der Waals surface area (Å²) in [6.45, 7) is 5.48. The maximum Gasteiger partial charge on any atom is 0.0517 e. The van der Waals surface area contributed by atoms with Crippen LogP contribution in [-0.2, 0) is 0 Å². The van der Waals surface area contributed by atoms with E-state index in [-0.39, 0.29) is 0 Å². The van der Waals surface area contributed by atoms with E-state index < -0.39 is 0 Å². The van der Waals surface area contributed by atoms with Crippen LogP contribution in [-0.4, -0.2) is 12.6 Å².